The van der Waals surface area contributed by atoms with Crippen molar-refractivity contribution < 1.29 is 13.5 Å². The van der Waals surface area contributed by atoms with Crippen LogP contribution in [0.25, 0.3) is 0 Å². The van der Waals surface area contributed by atoms with Crippen LogP contribution in [0.3, 0.4) is 0 Å². The zero-order valence-corrected chi connectivity index (χ0v) is 13.5. The lowest BCUT2D eigenvalue weighted by atomic mass is 10.1. The number of aryl methyl sites for hydroxylation is 1. The Morgan fingerprint density at radius 3 is 2.43 bits per heavy atom. The number of aliphatic hydroxyl groups is 1. The summed E-state index contributed by atoms with van der Waals surface area (Å²) >= 11 is 1.07. The zero-order valence-electron chi connectivity index (χ0n) is 11.9. The van der Waals surface area contributed by atoms with Gasteiger partial charge in [-0.1, -0.05) is 25.5 Å². The number of hydrogen-bond acceptors (Lipinski definition) is 4. The van der Waals surface area contributed by atoms with Gasteiger partial charge < -0.3 is 5.11 Å². The van der Waals surface area contributed by atoms with E-state index in [4.69, 9.17) is 5.11 Å². The Hall–Kier alpha value is -1.37. The lowest BCUT2D eigenvalue weighted by Gasteiger charge is -2.07. The first-order chi connectivity index (χ1) is 10.0. The molecule has 0 aliphatic rings. The Kier molecular flexibility index (Phi) is 5.39. The van der Waals surface area contributed by atoms with Crippen molar-refractivity contribution in [2.75, 3.05) is 4.72 Å². The number of rotatable bonds is 7. The van der Waals surface area contributed by atoms with Gasteiger partial charge in [-0.25, -0.2) is 8.42 Å². The van der Waals surface area contributed by atoms with Crippen molar-refractivity contribution in [1.82, 2.24) is 0 Å². The number of nitrogens with one attached hydrogen (secondary N) is 1. The van der Waals surface area contributed by atoms with E-state index in [1.165, 1.54) is 11.6 Å². The van der Waals surface area contributed by atoms with Crippen LogP contribution in [0.1, 0.15) is 30.2 Å². The molecule has 21 heavy (non-hydrogen) atoms. The second kappa shape index (κ2) is 7.06. The summed E-state index contributed by atoms with van der Waals surface area (Å²) in [6, 6.07) is 10.6. The van der Waals surface area contributed by atoms with Crippen molar-refractivity contribution in [2.24, 2.45) is 0 Å². The number of anilines is 1. The molecule has 2 N–H and O–H groups in total. The normalized spacial score (nSPS) is 11.5. The quantitative estimate of drug-likeness (QED) is 0.820. The maximum absolute atomic E-state index is 12.2. The third-order valence-electron chi connectivity index (χ3n) is 3.08. The molecule has 1 aromatic heterocycles. The molecule has 0 atom stereocenters. The summed E-state index contributed by atoms with van der Waals surface area (Å²) in [7, 11) is -3.57. The van der Waals surface area contributed by atoms with Crippen molar-refractivity contribution >= 4 is 27.0 Å². The molecule has 0 radical (unpaired) electrons. The first-order valence-electron chi connectivity index (χ1n) is 6.86. The van der Waals surface area contributed by atoms with Crippen LogP contribution in [0.4, 0.5) is 5.69 Å². The summed E-state index contributed by atoms with van der Waals surface area (Å²) in [6.45, 7) is 2.00. The smallest absolute Gasteiger partial charge is 0.271 e. The van der Waals surface area contributed by atoms with Crippen LogP contribution < -0.4 is 4.72 Å². The number of unbranched alkanes of at least 4 members (excludes halogenated alkanes) is 1. The summed E-state index contributed by atoms with van der Waals surface area (Å²) in [5, 5.41) is 9.00. The van der Waals surface area contributed by atoms with Gasteiger partial charge in [0, 0.05) is 10.6 Å². The molecule has 1 heterocycles. The molecule has 4 nitrogen and oxygen atoms in total. The van der Waals surface area contributed by atoms with E-state index < -0.39 is 10.0 Å². The second-order valence-corrected chi connectivity index (χ2v) is 7.86. The fourth-order valence-corrected chi connectivity index (χ4v) is 4.19. The Balaban J connectivity index is 2.09. The van der Waals surface area contributed by atoms with E-state index in [1.807, 2.05) is 12.1 Å². The molecule has 0 aliphatic carbocycles. The Bertz CT molecular complexity index is 675. The van der Waals surface area contributed by atoms with E-state index in [0.717, 1.165) is 30.6 Å². The van der Waals surface area contributed by atoms with Gasteiger partial charge >= 0.3 is 0 Å². The number of sulfonamides is 1. The fourth-order valence-electron chi connectivity index (χ4n) is 1.91. The minimum atomic E-state index is -3.57. The van der Waals surface area contributed by atoms with Gasteiger partial charge in [0.1, 0.15) is 4.21 Å². The van der Waals surface area contributed by atoms with E-state index in [1.54, 1.807) is 18.2 Å². The van der Waals surface area contributed by atoms with Crippen molar-refractivity contribution in [3.05, 3.63) is 46.8 Å². The van der Waals surface area contributed by atoms with Crippen LogP contribution in [-0.2, 0) is 23.1 Å². The largest absolute Gasteiger partial charge is 0.391 e. The highest BCUT2D eigenvalue weighted by atomic mass is 32.2. The zero-order chi connectivity index (χ0) is 15.3. The lowest BCUT2D eigenvalue weighted by molar-refractivity contribution is 0.285. The average molecular weight is 325 g/mol. The van der Waals surface area contributed by atoms with Crippen molar-refractivity contribution in [3.63, 3.8) is 0 Å². The third kappa shape index (κ3) is 4.30. The van der Waals surface area contributed by atoms with Gasteiger partial charge in [-0.05, 0) is 42.7 Å². The Morgan fingerprint density at radius 2 is 1.86 bits per heavy atom. The highest BCUT2D eigenvalue weighted by molar-refractivity contribution is 7.94. The second-order valence-electron chi connectivity index (χ2n) is 4.78. The lowest BCUT2D eigenvalue weighted by Crippen LogP contribution is -2.11. The number of aliphatic hydroxyl groups excluding tert-OH is 1. The van der Waals surface area contributed by atoms with Crippen LogP contribution >= 0.6 is 11.3 Å². The molecule has 0 saturated heterocycles. The van der Waals surface area contributed by atoms with Gasteiger partial charge in [0.05, 0.1) is 6.61 Å². The molecule has 0 bridgehead atoms. The van der Waals surface area contributed by atoms with Crippen LogP contribution in [-0.4, -0.2) is 13.5 Å². The minimum Gasteiger partial charge on any atom is -0.391 e. The summed E-state index contributed by atoms with van der Waals surface area (Å²) in [6.07, 6.45) is 3.28. The average Bonchev–Trinajstić information content (AvgIpc) is 2.96. The van der Waals surface area contributed by atoms with Crippen LogP contribution in [0.2, 0.25) is 0 Å². The molecule has 6 heteroatoms. The summed E-state index contributed by atoms with van der Waals surface area (Å²) in [5.41, 5.74) is 1.76. The number of benzene rings is 1. The summed E-state index contributed by atoms with van der Waals surface area (Å²) in [5.74, 6) is 0. The van der Waals surface area contributed by atoms with Crippen molar-refractivity contribution in [2.45, 2.75) is 37.0 Å². The molecule has 0 aliphatic heterocycles. The predicted molar refractivity (Wildman–Crippen MR) is 86.1 cm³/mol. The molecular weight excluding hydrogens is 306 g/mol. The van der Waals surface area contributed by atoms with Crippen molar-refractivity contribution in [3.8, 4) is 0 Å². The highest BCUT2D eigenvalue weighted by Crippen LogP contribution is 2.24. The SMILES string of the molecule is CCCCc1ccc(NS(=O)(=O)c2ccc(CO)s2)cc1. The number of hydrogen-bond donors (Lipinski definition) is 2. The molecule has 1 aromatic carbocycles. The van der Waals surface area contributed by atoms with Gasteiger partial charge in [-0.15, -0.1) is 11.3 Å². The molecule has 0 saturated carbocycles. The first-order valence-corrected chi connectivity index (χ1v) is 9.16. The topological polar surface area (TPSA) is 66.4 Å². The molecule has 0 spiro atoms. The maximum Gasteiger partial charge on any atom is 0.271 e. The van der Waals surface area contributed by atoms with Crippen LogP contribution in [0.15, 0.2) is 40.6 Å². The molecule has 0 amide bonds. The molecular formula is C15H19NO3S2. The third-order valence-corrected chi connectivity index (χ3v) is 6.03. The summed E-state index contributed by atoms with van der Waals surface area (Å²) < 4.78 is 27.2. The minimum absolute atomic E-state index is 0.147. The predicted octanol–water partition coefficient (Wildman–Crippen LogP) is 3.38. The molecule has 114 valence electrons. The van der Waals surface area contributed by atoms with E-state index >= 15 is 0 Å². The molecule has 0 fully saturated rings. The van der Waals surface area contributed by atoms with Crippen LogP contribution in [0, 0.1) is 0 Å². The standard InChI is InChI=1S/C15H19NO3S2/c1-2-3-4-12-5-7-13(8-6-12)16-21(18,19)15-10-9-14(11-17)20-15/h5-10,16-17H,2-4,11H2,1H3. The highest BCUT2D eigenvalue weighted by Gasteiger charge is 2.16. The number of thiophene rings is 1. The van der Waals surface area contributed by atoms with E-state index in [-0.39, 0.29) is 10.8 Å². The van der Waals surface area contributed by atoms with Crippen molar-refractivity contribution in [1.29, 1.82) is 0 Å². The monoisotopic (exact) mass is 325 g/mol. The Morgan fingerprint density at radius 1 is 1.14 bits per heavy atom. The van der Waals surface area contributed by atoms with E-state index in [0.29, 0.717) is 10.6 Å². The maximum atomic E-state index is 12.2. The van der Waals surface area contributed by atoms with Crippen LogP contribution in [0.5, 0.6) is 0 Å². The molecule has 2 rings (SSSR count). The summed E-state index contributed by atoms with van der Waals surface area (Å²) in [4.78, 5) is 0.630. The van der Waals surface area contributed by atoms with Gasteiger partial charge in [-0.2, -0.15) is 0 Å². The van der Waals surface area contributed by atoms with Gasteiger partial charge in [0.25, 0.3) is 10.0 Å². The van der Waals surface area contributed by atoms with E-state index in [2.05, 4.69) is 11.6 Å². The van der Waals surface area contributed by atoms with E-state index in [9.17, 15) is 8.42 Å². The van der Waals surface area contributed by atoms with Gasteiger partial charge in [0.15, 0.2) is 0 Å². The van der Waals surface area contributed by atoms with Gasteiger partial charge in [-0.3, -0.25) is 4.72 Å². The Labute approximate surface area is 129 Å². The molecule has 0 unspecified atom stereocenters. The first kappa shape index (κ1) is 16.0. The van der Waals surface area contributed by atoms with Gasteiger partial charge in [0.2, 0.25) is 0 Å². The fraction of sp³-hybridized carbons (Fsp3) is 0.333. The molecule has 2 aromatic rings.